The number of nitrogens with two attached hydrogens (primary N) is 1. The number of hydrogen-bond acceptors (Lipinski definition) is 2. The lowest BCUT2D eigenvalue weighted by Crippen LogP contribution is -2.44. The van der Waals surface area contributed by atoms with E-state index in [1.807, 2.05) is 12.1 Å². The third kappa shape index (κ3) is 3.32. The molecule has 0 atom stereocenters. The van der Waals surface area contributed by atoms with Crippen molar-refractivity contribution in [2.45, 2.75) is 37.5 Å². The van der Waals surface area contributed by atoms with Crippen LogP contribution in [-0.4, -0.2) is 19.0 Å². The summed E-state index contributed by atoms with van der Waals surface area (Å²) in [6.45, 7) is 0.605. The number of carbonyl (C=O) groups excluding carboxylic acids is 1. The maximum atomic E-state index is 13.1. The SMILES string of the molecule is NCC(=O)NCC1(c2ccc(F)cc2)CCCCC1. The van der Waals surface area contributed by atoms with Gasteiger partial charge in [0.05, 0.1) is 6.54 Å². The van der Waals surface area contributed by atoms with E-state index in [9.17, 15) is 9.18 Å². The Morgan fingerprint density at radius 2 is 1.84 bits per heavy atom. The molecule has 0 saturated heterocycles. The lowest BCUT2D eigenvalue weighted by Gasteiger charge is -2.38. The number of benzene rings is 1. The molecule has 3 nitrogen and oxygen atoms in total. The zero-order chi connectivity index (χ0) is 13.7. The van der Waals surface area contributed by atoms with Crippen molar-refractivity contribution in [3.8, 4) is 0 Å². The number of nitrogens with one attached hydrogen (secondary N) is 1. The summed E-state index contributed by atoms with van der Waals surface area (Å²) < 4.78 is 13.1. The standard InChI is InChI=1S/C15H21FN2O/c16-13-6-4-12(5-7-13)15(8-2-1-3-9-15)11-18-14(19)10-17/h4-7H,1-3,8-11,17H2,(H,18,19). The molecule has 4 heteroatoms. The normalized spacial score (nSPS) is 18.0. The van der Waals surface area contributed by atoms with Gasteiger partial charge in [-0.05, 0) is 30.5 Å². The van der Waals surface area contributed by atoms with Crippen molar-refractivity contribution in [3.05, 3.63) is 35.6 Å². The second-order valence-electron chi connectivity index (χ2n) is 5.33. The highest BCUT2D eigenvalue weighted by atomic mass is 19.1. The van der Waals surface area contributed by atoms with Crippen LogP contribution in [0.4, 0.5) is 4.39 Å². The first kappa shape index (κ1) is 14.0. The summed E-state index contributed by atoms with van der Waals surface area (Å²) in [6.07, 6.45) is 5.59. The summed E-state index contributed by atoms with van der Waals surface area (Å²) in [7, 11) is 0. The van der Waals surface area contributed by atoms with Crippen molar-refractivity contribution in [1.82, 2.24) is 5.32 Å². The van der Waals surface area contributed by atoms with Gasteiger partial charge in [0, 0.05) is 12.0 Å². The quantitative estimate of drug-likeness (QED) is 0.875. The summed E-state index contributed by atoms with van der Waals surface area (Å²) in [4.78, 5) is 11.4. The van der Waals surface area contributed by atoms with E-state index in [0.717, 1.165) is 31.2 Å². The van der Waals surface area contributed by atoms with Crippen LogP contribution >= 0.6 is 0 Å². The Bertz CT molecular complexity index is 424. The lowest BCUT2D eigenvalue weighted by atomic mass is 9.69. The van der Waals surface area contributed by atoms with Gasteiger partial charge in [-0.15, -0.1) is 0 Å². The van der Waals surface area contributed by atoms with E-state index in [4.69, 9.17) is 5.73 Å². The Balaban J connectivity index is 2.18. The van der Waals surface area contributed by atoms with Crippen LogP contribution in [0.5, 0.6) is 0 Å². The molecule has 0 heterocycles. The molecule has 1 saturated carbocycles. The second kappa shape index (κ2) is 6.15. The zero-order valence-electron chi connectivity index (χ0n) is 11.1. The van der Waals surface area contributed by atoms with E-state index in [2.05, 4.69) is 5.32 Å². The van der Waals surface area contributed by atoms with Gasteiger partial charge in [0.2, 0.25) is 5.91 Å². The highest BCUT2D eigenvalue weighted by Crippen LogP contribution is 2.39. The fraction of sp³-hybridized carbons (Fsp3) is 0.533. The van der Waals surface area contributed by atoms with Gasteiger partial charge in [0.25, 0.3) is 0 Å². The van der Waals surface area contributed by atoms with Crippen LogP contribution in [0.2, 0.25) is 0 Å². The smallest absolute Gasteiger partial charge is 0.233 e. The first-order chi connectivity index (χ1) is 9.16. The molecular formula is C15H21FN2O. The maximum Gasteiger partial charge on any atom is 0.233 e. The van der Waals surface area contributed by atoms with Crippen LogP contribution in [0.25, 0.3) is 0 Å². The Labute approximate surface area is 113 Å². The van der Waals surface area contributed by atoms with Crippen LogP contribution in [-0.2, 0) is 10.2 Å². The van der Waals surface area contributed by atoms with E-state index in [1.165, 1.54) is 18.6 Å². The van der Waals surface area contributed by atoms with E-state index in [1.54, 1.807) is 0 Å². The van der Waals surface area contributed by atoms with Crippen molar-refractivity contribution in [2.24, 2.45) is 5.73 Å². The molecule has 0 unspecified atom stereocenters. The lowest BCUT2D eigenvalue weighted by molar-refractivity contribution is -0.120. The molecule has 1 aliphatic rings. The number of halogens is 1. The van der Waals surface area contributed by atoms with Crippen LogP contribution < -0.4 is 11.1 Å². The Hall–Kier alpha value is -1.42. The largest absolute Gasteiger partial charge is 0.354 e. The topological polar surface area (TPSA) is 55.1 Å². The van der Waals surface area contributed by atoms with E-state index in [-0.39, 0.29) is 23.7 Å². The highest BCUT2D eigenvalue weighted by molar-refractivity contribution is 5.77. The third-order valence-electron chi connectivity index (χ3n) is 4.08. The Morgan fingerprint density at radius 1 is 1.21 bits per heavy atom. The fourth-order valence-electron chi connectivity index (χ4n) is 2.94. The van der Waals surface area contributed by atoms with Gasteiger partial charge in [-0.3, -0.25) is 4.79 Å². The Morgan fingerprint density at radius 3 is 2.42 bits per heavy atom. The summed E-state index contributed by atoms with van der Waals surface area (Å²) in [5, 5.41) is 2.90. The second-order valence-corrected chi connectivity index (χ2v) is 5.33. The Kier molecular flexibility index (Phi) is 4.53. The van der Waals surface area contributed by atoms with Gasteiger partial charge in [-0.25, -0.2) is 4.39 Å². The predicted molar refractivity (Wildman–Crippen MR) is 73.2 cm³/mol. The van der Waals surface area contributed by atoms with Crippen molar-refractivity contribution >= 4 is 5.91 Å². The first-order valence-electron chi connectivity index (χ1n) is 6.89. The minimum absolute atomic E-state index is 0.0134. The summed E-state index contributed by atoms with van der Waals surface area (Å²) in [6, 6.07) is 6.68. The van der Waals surface area contributed by atoms with E-state index < -0.39 is 0 Å². The fourth-order valence-corrected chi connectivity index (χ4v) is 2.94. The molecule has 0 radical (unpaired) electrons. The molecule has 1 fully saturated rings. The van der Waals surface area contributed by atoms with Crippen LogP contribution in [0.3, 0.4) is 0 Å². The summed E-state index contributed by atoms with van der Waals surface area (Å²) in [5.74, 6) is -0.354. The molecule has 0 bridgehead atoms. The summed E-state index contributed by atoms with van der Waals surface area (Å²) in [5.41, 5.74) is 6.39. The average Bonchev–Trinajstić information content (AvgIpc) is 2.46. The molecule has 0 aliphatic heterocycles. The van der Waals surface area contributed by atoms with Gasteiger partial charge in [0.15, 0.2) is 0 Å². The van der Waals surface area contributed by atoms with Crippen LogP contribution in [0, 0.1) is 5.82 Å². The van der Waals surface area contributed by atoms with Crippen molar-refractivity contribution in [2.75, 3.05) is 13.1 Å². The first-order valence-corrected chi connectivity index (χ1v) is 6.89. The number of hydrogen-bond donors (Lipinski definition) is 2. The molecule has 3 N–H and O–H groups in total. The summed E-state index contributed by atoms with van der Waals surface area (Å²) >= 11 is 0. The molecule has 1 aliphatic carbocycles. The molecular weight excluding hydrogens is 243 g/mol. The molecule has 104 valence electrons. The van der Waals surface area contributed by atoms with E-state index in [0.29, 0.717) is 6.54 Å². The van der Waals surface area contributed by atoms with Gasteiger partial charge < -0.3 is 11.1 Å². The molecule has 2 rings (SSSR count). The van der Waals surface area contributed by atoms with Crippen molar-refractivity contribution in [1.29, 1.82) is 0 Å². The molecule has 0 spiro atoms. The van der Waals surface area contributed by atoms with Crippen LogP contribution in [0.1, 0.15) is 37.7 Å². The minimum Gasteiger partial charge on any atom is -0.354 e. The monoisotopic (exact) mass is 264 g/mol. The molecule has 1 aromatic rings. The highest BCUT2D eigenvalue weighted by Gasteiger charge is 2.34. The third-order valence-corrected chi connectivity index (χ3v) is 4.08. The maximum absolute atomic E-state index is 13.1. The average molecular weight is 264 g/mol. The number of rotatable bonds is 4. The zero-order valence-corrected chi connectivity index (χ0v) is 11.1. The van der Waals surface area contributed by atoms with Crippen molar-refractivity contribution < 1.29 is 9.18 Å². The molecule has 0 aromatic heterocycles. The number of carbonyl (C=O) groups is 1. The predicted octanol–water partition coefficient (Wildman–Crippen LogP) is 2.10. The van der Waals surface area contributed by atoms with Gasteiger partial charge >= 0.3 is 0 Å². The van der Waals surface area contributed by atoms with Crippen LogP contribution in [0.15, 0.2) is 24.3 Å². The van der Waals surface area contributed by atoms with Gasteiger partial charge in [0.1, 0.15) is 5.82 Å². The molecule has 1 aromatic carbocycles. The molecule has 19 heavy (non-hydrogen) atoms. The van der Waals surface area contributed by atoms with Gasteiger partial charge in [-0.2, -0.15) is 0 Å². The van der Waals surface area contributed by atoms with Crippen molar-refractivity contribution in [3.63, 3.8) is 0 Å². The molecule has 1 amide bonds. The van der Waals surface area contributed by atoms with E-state index >= 15 is 0 Å². The number of amides is 1. The minimum atomic E-state index is -0.222. The van der Waals surface area contributed by atoms with Gasteiger partial charge in [-0.1, -0.05) is 31.4 Å².